The van der Waals surface area contributed by atoms with Crippen molar-refractivity contribution < 1.29 is 0 Å². The summed E-state index contributed by atoms with van der Waals surface area (Å²) in [5, 5.41) is 1.13. The number of nitrogens with zero attached hydrogens (tertiary/aromatic N) is 2. The van der Waals surface area contributed by atoms with Gasteiger partial charge in [0.1, 0.15) is 0 Å². The Hall–Kier alpha value is -0.930. The molecule has 0 fully saturated rings. The maximum atomic E-state index is 5.72. The van der Waals surface area contributed by atoms with Gasteiger partial charge in [-0.2, -0.15) is 0 Å². The monoisotopic (exact) mass is 282 g/mol. The van der Waals surface area contributed by atoms with Gasteiger partial charge in [-0.1, -0.05) is 40.2 Å². The van der Waals surface area contributed by atoms with E-state index in [2.05, 4.69) is 38.0 Å². The molecule has 1 heterocycles. The number of rotatable bonds is 2. The van der Waals surface area contributed by atoms with Gasteiger partial charge < -0.3 is 0 Å². The summed E-state index contributed by atoms with van der Waals surface area (Å²) in [5.74, 6) is 0. The number of hydrogen-bond donors (Lipinski definition) is 0. The predicted molar refractivity (Wildman–Crippen MR) is 65.1 cm³/mol. The van der Waals surface area contributed by atoms with Crippen LogP contribution in [0.15, 0.2) is 36.5 Å². The van der Waals surface area contributed by atoms with Crippen LogP contribution < -0.4 is 0 Å². The molecule has 0 N–H and O–H groups in total. The lowest BCUT2D eigenvalue weighted by Gasteiger charge is -2.01. The molecule has 15 heavy (non-hydrogen) atoms. The van der Waals surface area contributed by atoms with Crippen LogP contribution in [0.2, 0.25) is 5.28 Å². The van der Waals surface area contributed by atoms with Gasteiger partial charge in [-0.05, 0) is 23.2 Å². The Morgan fingerprint density at radius 2 is 1.87 bits per heavy atom. The average molecular weight is 284 g/mol. The Morgan fingerprint density at radius 1 is 1.13 bits per heavy atom. The molecule has 2 aromatic rings. The van der Waals surface area contributed by atoms with Crippen molar-refractivity contribution in [2.75, 3.05) is 0 Å². The molecule has 1 aromatic carbocycles. The molecule has 76 valence electrons. The standard InChI is InChI=1S/C11H8BrClN2/c12-7-8-1-3-9(4-2-8)10-5-6-14-11(13)15-10/h1-6H,7H2. The minimum Gasteiger partial charge on any atom is -0.226 e. The van der Waals surface area contributed by atoms with Crippen LogP contribution in [-0.4, -0.2) is 9.97 Å². The second-order valence-corrected chi connectivity index (χ2v) is 3.94. The van der Waals surface area contributed by atoms with E-state index in [1.165, 1.54) is 5.56 Å². The molecule has 0 amide bonds. The molecular formula is C11H8BrClN2. The van der Waals surface area contributed by atoms with Crippen LogP contribution >= 0.6 is 27.5 Å². The highest BCUT2D eigenvalue weighted by molar-refractivity contribution is 9.08. The first-order chi connectivity index (χ1) is 7.29. The third-order valence-electron chi connectivity index (χ3n) is 2.03. The molecular weight excluding hydrogens is 275 g/mol. The summed E-state index contributed by atoms with van der Waals surface area (Å²) < 4.78 is 0. The van der Waals surface area contributed by atoms with Crippen LogP contribution in [-0.2, 0) is 5.33 Å². The van der Waals surface area contributed by atoms with E-state index in [0.717, 1.165) is 16.6 Å². The van der Waals surface area contributed by atoms with Gasteiger partial charge >= 0.3 is 0 Å². The van der Waals surface area contributed by atoms with Crippen LogP contribution in [0.1, 0.15) is 5.56 Å². The summed E-state index contributed by atoms with van der Waals surface area (Å²) in [7, 11) is 0. The van der Waals surface area contributed by atoms with Crippen molar-refractivity contribution in [2.45, 2.75) is 5.33 Å². The van der Waals surface area contributed by atoms with Crippen LogP contribution in [0.3, 0.4) is 0 Å². The summed E-state index contributed by atoms with van der Waals surface area (Å²) in [5.41, 5.74) is 3.12. The van der Waals surface area contributed by atoms with Gasteiger partial charge in [0.25, 0.3) is 0 Å². The number of halogens is 2. The van der Waals surface area contributed by atoms with E-state index >= 15 is 0 Å². The maximum Gasteiger partial charge on any atom is 0.222 e. The third-order valence-corrected chi connectivity index (χ3v) is 2.86. The lowest BCUT2D eigenvalue weighted by Crippen LogP contribution is -1.86. The predicted octanol–water partition coefficient (Wildman–Crippen LogP) is 3.69. The third kappa shape index (κ3) is 2.55. The van der Waals surface area contributed by atoms with Crippen molar-refractivity contribution in [1.29, 1.82) is 0 Å². The Bertz CT molecular complexity index is 456. The van der Waals surface area contributed by atoms with Gasteiger partial charge in [-0.15, -0.1) is 0 Å². The number of alkyl halides is 1. The first kappa shape index (κ1) is 10.6. The minimum absolute atomic E-state index is 0.275. The van der Waals surface area contributed by atoms with E-state index in [1.54, 1.807) is 6.20 Å². The topological polar surface area (TPSA) is 25.8 Å². The van der Waals surface area contributed by atoms with Crippen molar-refractivity contribution in [3.05, 3.63) is 47.4 Å². The normalized spacial score (nSPS) is 10.3. The molecule has 0 atom stereocenters. The SMILES string of the molecule is Clc1nccc(-c2ccc(CBr)cc2)n1. The van der Waals surface area contributed by atoms with Crippen LogP contribution in [0, 0.1) is 0 Å². The summed E-state index contributed by atoms with van der Waals surface area (Å²) in [6, 6.07) is 10.00. The zero-order valence-corrected chi connectivity index (χ0v) is 10.2. The van der Waals surface area contributed by atoms with Gasteiger partial charge in [-0.25, -0.2) is 9.97 Å². The molecule has 2 nitrogen and oxygen atoms in total. The van der Waals surface area contributed by atoms with E-state index in [0.29, 0.717) is 0 Å². The van der Waals surface area contributed by atoms with Gasteiger partial charge in [0, 0.05) is 17.1 Å². The fourth-order valence-electron chi connectivity index (χ4n) is 1.26. The van der Waals surface area contributed by atoms with Gasteiger partial charge in [-0.3, -0.25) is 0 Å². The van der Waals surface area contributed by atoms with Crippen molar-refractivity contribution in [3.8, 4) is 11.3 Å². The first-order valence-electron chi connectivity index (χ1n) is 4.43. The molecule has 1 aromatic heterocycles. The minimum atomic E-state index is 0.275. The Morgan fingerprint density at radius 3 is 2.47 bits per heavy atom. The van der Waals surface area contributed by atoms with E-state index < -0.39 is 0 Å². The van der Waals surface area contributed by atoms with Crippen molar-refractivity contribution >= 4 is 27.5 Å². The summed E-state index contributed by atoms with van der Waals surface area (Å²) in [4.78, 5) is 7.99. The number of aromatic nitrogens is 2. The maximum absolute atomic E-state index is 5.72. The number of hydrogen-bond acceptors (Lipinski definition) is 2. The van der Waals surface area contributed by atoms with Crippen LogP contribution in [0.4, 0.5) is 0 Å². The molecule has 0 radical (unpaired) electrons. The highest BCUT2D eigenvalue weighted by Crippen LogP contribution is 2.19. The zero-order chi connectivity index (χ0) is 10.7. The molecule has 2 rings (SSSR count). The molecule has 0 unspecified atom stereocenters. The lowest BCUT2D eigenvalue weighted by molar-refractivity contribution is 1.17. The largest absolute Gasteiger partial charge is 0.226 e. The van der Waals surface area contributed by atoms with Crippen molar-refractivity contribution in [2.24, 2.45) is 0 Å². The van der Waals surface area contributed by atoms with Crippen molar-refractivity contribution in [3.63, 3.8) is 0 Å². The van der Waals surface area contributed by atoms with Crippen LogP contribution in [0.5, 0.6) is 0 Å². The first-order valence-corrected chi connectivity index (χ1v) is 5.93. The van der Waals surface area contributed by atoms with E-state index in [9.17, 15) is 0 Å². The van der Waals surface area contributed by atoms with Gasteiger partial charge in [0.05, 0.1) is 5.69 Å². The average Bonchev–Trinajstić information content (AvgIpc) is 2.29. The Labute approximate surface area is 101 Å². The molecule has 0 aliphatic heterocycles. The second-order valence-electron chi connectivity index (χ2n) is 3.04. The van der Waals surface area contributed by atoms with Gasteiger partial charge in [0.2, 0.25) is 5.28 Å². The zero-order valence-electron chi connectivity index (χ0n) is 7.82. The van der Waals surface area contributed by atoms with Gasteiger partial charge in [0.15, 0.2) is 0 Å². The summed E-state index contributed by atoms with van der Waals surface area (Å²) in [6.45, 7) is 0. The summed E-state index contributed by atoms with van der Waals surface area (Å²) >= 11 is 9.13. The molecule has 0 saturated carbocycles. The van der Waals surface area contributed by atoms with E-state index in [-0.39, 0.29) is 5.28 Å². The fourth-order valence-corrected chi connectivity index (χ4v) is 1.78. The quantitative estimate of drug-likeness (QED) is 0.620. The van der Waals surface area contributed by atoms with Crippen LogP contribution in [0.25, 0.3) is 11.3 Å². The Balaban J connectivity index is 2.37. The molecule has 4 heteroatoms. The fraction of sp³-hybridized carbons (Fsp3) is 0.0909. The summed E-state index contributed by atoms with van der Waals surface area (Å²) in [6.07, 6.45) is 1.66. The highest BCUT2D eigenvalue weighted by Gasteiger charge is 2.00. The smallest absolute Gasteiger partial charge is 0.222 e. The Kier molecular flexibility index (Phi) is 3.34. The molecule has 0 bridgehead atoms. The number of benzene rings is 1. The van der Waals surface area contributed by atoms with E-state index in [1.807, 2.05) is 18.2 Å². The lowest BCUT2D eigenvalue weighted by atomic mass is 10.1. The highest BCUT2D eigenvalue weighted by atomic mass is 79.9. The molecule has 0 aliphatic carbocycles. The second kappa shape index (κ2) is 4.73. The molecule has 0 spiro atoms. The molecule has 0 aliphatic rings. The van der Waals surface area contributed by atoms with E-state index in [4.69, 9.17) is 11.6 Å². The van der Waals surface area contributed by atoms with Crippen molar-refractivity contribution in [1.82, 2.24) is 9.97 Å². The molecule has 0 saturated heterocycles.